The molecule has 2 atom stereocenters. The summed E-state index contributed by atoms with van der Waals surface area (Å²) in [4.78, 5) is 24.5. The van der Waals surface area contributed by atoms with Gasteiger partial charge in [0.1, 0.15) is 0 Å². The molecule has 0 aromatic carbocycles. The second kappa shape index (κ2) is 56.9. The summed E-state index contributed by atoms with van der Waals surface area (Å²) in [7, 11) is 0. The van der Waals surface area contributed by atoms with Crippen molar-refractivity contribution in [3.8, 4) is 0 Å². The van der Waals surface area contributed by atoms with Gasteiger partial charge in [-0.25, -0.2) is 0 Å². The number of ether oxygens (including phenoxy) is 1. The molecule has 396 valence electrons. The Bertz CT molecular complexity index is 1040. The second-order valence-electron chi connectivity index (χ2n) is 20.7. The molecule has 0 aromatic heterocycles. The maximum absolute atomic E-state index is 12.5. The fourth-order valence-corrected chi connectivity index (χ4v) is 9.42. The van der Waals surface area contributed by atoms with Crippen LogP contribution in [-0.2, 0) is 14.3 Å². The number of rotatable bonds is 56. The van der Waals surface area contributed by atoms with E-state index in [1.807, 2.05) is 0 Å². The highest BCUT2D eigenvalue weighted by molar-refractivity contribution is 5.76. The molecule has 0 aliphatic carbocycles. The summed E-state index contributed by atoms with van der Waals surface area (Å²) in [5.41, 5.74) is 0. The molecule has 0 fully saturated rings. The molecule has 0 spiro atoms. The van der Waals surface area contributed by atoms with E-state index in [-0.39, 0.29) is 18.5 Å². The number of amides is 1. The van der Waals surface area contributed by atoms with Gasteiger partial charge in [0.25, 0.3) is 0 Å². The minimum atomic E-state index is -0.667. The minimum Gasteiger partial charge on any atom is -0.465 e. The quantitative estimate of drug-likeness (QED) is 0.0321. The number of carbonyl (C=O) groups is 2. The first-order chi connectivity index (χ1) is 33.0. The van der Waals surface area contributed by atoms with Gasteiger partial charge >= 0.3 is 5.97 Å². The minimum absolute atomic E-state index is 0.0341. The third kappa shape index (κ3) is 53.5. The average Bonchev–Trinajstić information content (AvgIpc) is 3.33. The highest BCUT2D eigenvalue weighted by atomic mass is 16.5. The second-order valence-corrected chi connectivity index (χ2v) is 20.7. The Morgan fingerprint density at radius 2 is 0.746 bits per heavy atom. The molecular formula is C61H117NO5. The van der Waals surface area contributed by atoms with Crippen LogP contribution in [-0.4, -0.2) is 47.4 Å². The molecule has 0 radical (unpaired) electrons. The Morgan fingerprint density at radius 3 is 1.13 bits per heavy atom. The van der Waals surface area contributed by atoms with Gasteiger partial charge in [0.15, 0.2) is 0 Å². The van der Waals surface area contributed by atoms with Crippen molar-refractivity contribution < 1.29 is 24.5 Å². The zero-order chi connectivity index (χ0) is 48.6. The number of nitrogens with one attached hydrogen (secondary N) is 1. The molecule has 0 saturated heterocycles. The van der Waals surface area contributed by atoms with Crippen LogP contribution < -0.4 is 5.32 Å². The number of esters is 1. The van der Waals surface area contributed by atoms with Crippen molar-refractivity contribution in [1.82, 2.24) is 5.32 Å². The average molecular weight is 945 g/mol. The molecule has 6 nitrogen and oxygen atoms in total. The van der Waals surface area contributed by atoms with Crippen LogP contribution in [0.25, 0.3) is 0 Å². The molecule has 0 aromatic rings. The number of unbranched alkanes of at least 4 members (excludes halogenated alkanes) is 41. The van der Waals surface area contributed by atoms with Crippen molar-refractivity contribution in [2.45, 2.75) is 341 Å². The van der Waals surface area contributed by atoms with E-state index in [2.05, 4.69) is 43.5 Å². The maximum atomic E-state index is 12.5. The normalized spacial score (nSPS) is 12.7. The molecule has 0 saturated carbocycles. The number of hydrogen-bond donors (Lipinski definition) is 3. The maximum Gasteiger partial charge on any atom is 0.305 e. The first kappa shape index (κ1) is 65.3. The lowest BCUT2D eigenvalue weighted by molar-refractivity contribution is -0.143. The Hall–Kier alpha value is -1.66. The van der Waals surface area contributed by atoms with Crippen LogP contribution in [0.5, 0.6) is 0 Å². The van der Waals surface area contributed by atoms with Gasteiger partial charge in [0.05, 0.1) is 25.4 Å². The molecule has 0 bridgehead atoms. The first-order valence-corrected chi connectivity index (χ1v) is 30.1. The van der Waals surface area contributed by atoms with E-state index in [0.29, 0.717) is 25.9 Å². The zero-order valence-corrected chi connectivity index (χ0v) is 45.1. The topological polar surface area (TPSA) is 95.9 Å². The summed E-state index contributed by atoms with van der Waals surface area (Å²) < 4.78 is 5.40. The molecule has 0 aliphatic rings. The summed E-state index contributed by atoms with van der Waals surface area (Å²) in [6.45, 7) is 4.86. The van der Waals surface area contributed by atoms with Crippen LogP contribution in [0.15, 0.2) is 24.3 Å². The SMILES string of the molecule is CCCCCCCCCCCCCCCCCCCC(O)C(CO)NC(=O)CCCCCCCCCCCCCCCC/C=C\C/C=C\CCOC(=O)CCCCCCCCCCCCCC. The van der Waals surface area contributed by atoms with Gasteiger partial charge in [-0.15, -0.1) is 0 Å². The number of aliphatic hydroxyl groups excluding tert-OH is 2. The van der Waals surface area contributed by atoms with E-state index < -0.39 is 12.1 Å². The number of allylic oxidation sites excluding steroid dienone is 3. The van der Waals surface area contributed by atoms with Gasteiger partial charge in [-0.1, -0.05) is 295 Å². The van der Waals surface area contributed by atoms with Gasteiger partial charge in [0, 0.05) is 12.8 Å². The molecular weight excluding hydrogens is 827 g/mol. The molecule has 0 aliphatic heterocycles. The number of aliphatic hydroxyl groups is 2. The lowest BCUT2D eigenvalue weighted by Gasteiger charge is -2.22. The molecule has 6 heteroatoms. The Labute approximate surface area is 418 Å². The van der Waals surface area contributed by atoms with Crippen molar-refractivity contribution in [2.24, 2.45) is 0 Å². The molecule has 0 rings (SSSR count). The summed E-state index contributed by atoms with van der Waals surface area (Å²) in [6, 6.07) is -0.545. The third-order valence-electron chi connectivity index (χ3n) is 14.0. The molecule has 67 heavy (non-hydrogen) atoms. The molecule has 1 amide bonds. The Kier molecular flexibility index (Phi) is 55.5. The van der Waals surface area contributed by atoms with E-state index in [9.17, 15) is 19.8 Å². The zero-order valence-electron chi connectivity index (χ0n) is 45.1. The molecule has 0 heterocycles. The highest BCUT2D eigenvalue weighted by Crippen LogP contribution is 2.18. The van der Waals surface area contributed by atoms with Crippen LogP contribution in [0.4, 0.5) is 0 Å². The first-order valence-electron chi connectivity index (χ1n) is 30.1. The van der Waals surface area contributed by atoms with E-state index in [4.69, 9.17) is 4.74 Å². The Balaban J connectivity index is 3.45. The smallest absolute Gasteiger partial charge is 0.305 e. The predicted octanol–water partition coefficient (Wildman–Crippen LogP) is 18.6. The fourth-order valence-electron chi connectivity index (χ4n) is 9.42. The number of hydrogen-bond acceptors (Lipinski definition) is 5. The van der Waals surface area contributed by atoms with Gasteiger partial charge in [-0.3, -0.25) is 9.59 Å². The van der Waals surface area contributed by atoms with Crippen molar-refractivity contribution >= 4 is 11.9 Å². The molecule has 3 N–H and O–H groups in total. The van der Waals surface area contributed by atoms with Gasteiger partial charge in [0.2, 0.25) is 5.91 Å². The van der Waals surface area contributed by atoms with Crippen LogP contribution in [0.3, 0.4) is 0 Å². The van der Waals surface area contributed by atoms with Gasteiger partial charge < -0.3 is 20.3 Å². The monoisotopic (exact) mass is 944 g/mol. The van der Waals surface area contributed by atoms with Gasteiger partial charge in [-0.2, -0.15) is 0 Å². The summed E-state index contributed by atoms with van der Waals surface area (Å²) in [5.74, 6) is -0.0715. The highest BCUT2D eigenvalue weighted by Gasteiger charge is 2.20. The standard InChI is InChI=1S/C61H117NO5/c1-3-5-7-9-11-13-15-17-18-24-27-30-33-37-41-45-49-53-59(64)58(57-63)62-60(65)54-50-46-42-38-34-31-28-25-22-20-19-21-23-26-29-32-36-40-44-48-52-56-67-61(66)55-51-47-43-39-35-16-14-12-10-8-6-4-2/h32,36,44,48,58-59,63-64H,3-31,33-35,37-43,45-47,49-57H2,1-2H3,(H,62,65)/b36-32-,48-44-. The van der Waals surface area contributed by atoms with Crippen molar-refractivity contribution in [2.75, 3.05) is 13.2 Å². The van der Waals surface area contributed by atoms with Crippen LogP contribution >= 0.6 is 0 Å². The molecule has 2 unspecified atom stereocenters. The van der Waals surface area contributed by atoms with Crippen LogP contribution in [0, 0.1) is 0 Å². The van der Waals surface area contributed by atoms with Crippen molar-refractivity contribution in [3.05, 3.63) is 24.3 Å². The van der Waals surface area contributed by atoms with E-state index in [1.54, 1.807) is 0 Å². The third-order valence-corrected chi connectivity index (χ3v) is 14.0. The summed E-state index contributed by atoms with van der Waals surface area (Å²) in [5, 5.41) is 23.3. The van der Waals surface area contributed by atoms with Crippen LogP contribution in [0.2, 0.25) is 0 Å². The predicted molar refractivity (Wildman–Crippen MR) is 292 cm³/mol. The lowest BCUT2D eigenvalue weighted by Crippen LogP contribution is -2.45. The van der Waals surface area contributed by atoms with Crippen molar-refractivity contribution in [3.63, 3.8) is 0 Å². The number of carbonyl (C=O) groups excluding carboxylic acids is 2. The van der Waals surface area contributed by atoms with E-state index in [1.165, 1.54) is 244 Å². The van der Waals surface area contributed by atoms with E-state index >= 15 is 0 Å². The summed E-state index contributed by atoms with van der Waals surface area (Å²) >= 11 is 0. The largest absolute Gasteiger partial charge is 0.465 e. The Morgan fingerprint density at radius 1 is 0.418 bits per heavy atom. The van der Waals surface area contributed by atoms with E-state index in [0.717, 1.165) is 51.4 Å². The lowest BCUT2D eigenvalue weighted by atomic mass is 10.0. The fraction of sp³-hybridized carbons (Fsp3) is 0.902. The van der Waals surface area contributed by atoms with Crippen LogP contribution in [0.1, 0.15) is 328 Å². The van der Waals surface area contributed by atoms with Gasteiger partial charge in [-0.05, 0) is 44.9 Å². The summed E-state index contributed by atoms with van der Waals surface area (Å²) in [6.07, 6.45) is 69.1. The van der Waals surface area contributed by atoms with Crippen molar-refractivity contribution in [1.29, 1.82) is 0 Å².